The third-order valence-electron chi connectivity index (χ3n) is 3.70. The van der Waals surface area contributed by atoms with Crippen LogP contribution < -0.4 is 4.74 Å². The first-order chi connectivity index (χ1) is 11.6. The van der Waals surface area contributed by atoms with Crippen LogP contribution in [0.4, 0.5) is 0 Å². The molecule has 0 aliphatic rings. The molecule has 0 saturated heterocycles. The molecule has 0 saturated carbocycles. The van der Waals surface area contributed by atoms with Crippen molar-refractivity contribution in [2.45, 2.75) is 19.8 Å². The zero-order valence-electron chi connectivity index (χ0n) is 13.2. The minimum absolute atomic E-state index is 0.0321. The Morgan fingerprint density at radius 2 is 2.00 bits per heavy atom. The molecule has 6 heteroatoms. The summed E-state index contributed by atoms with van der Waals surface area (Å²) < 4.78 is 7.32. The molecule has 0 fully saturated rings. The molecule has 0 aliphatic heterocycles. The van der Waals surface area contributed by atoms with Crippen molar-refractivity contribution in [1.29, 1.82) is 0 Å². The Kier molecular flexibility index (Phi) is 4.71. The quantitative estimate of drug-likeness (QED) is 0.732. The summed E-state index contributed by atoms with van der Waals surface area (Å²) in [5.74, 6) is -0.0511. The Morgan fingerprint density at radius 1 is 1.25 bits per heavy atom. The van der Waals surface area contributed by atoms with Crippen molar-refractivity contribution in [1.82, 2.24) is 9.38 Å². The van der Waals surface area contributed by atoms with E-state index in [9.17, 15) is 4.79 Å². The third kappa shape index (κ3) is 3.36. The summed E-state index contributed by atoms with van der Waals surface area (Å²) in [6, 6.07) is 11.2. The van der Waals surface area contributed by atoms with Crippen molar-refractivity contribution in [3.8, 4) is 17.0 Å². The first kappa shape index (κ1) is 16.3. The Morgan fingerprint density at radius 3 is 2.67 bits per heavy atom. The Bertz CT molecular complexity index is 872. The number of benzene rings is 1. The second-order valence-electron chi connectivity index (χ2n) is 5.33. The first-order valence-corrected chi connectivity index (χ1v) is 8.08. The number of halogens is 1. The van der Waals surface area contributed by atoms with Crippen LogP contribution in [0.5, 0.6) is 5.75 Å². The first-order valence-electron chi connectivity index (χ1n) is 7.70. The zero-order chi connectivity index (χ0) is 17.1. The van der Waals surface area contributed by atoms with Gasteiger partial charge in [-0.1, -0.05) is 11.6 Å². The average molecular weight is 345 g/mol. The number of carboxylic acid groups (broad SMARTS) is 1. The number of hydrogen-bond acceptors (Lipinski definition) is 3. The van der Waals surface area contributed by atoms with Gasteiger partial charge in [0.1, 0.15) is 11.4 Å². The van der Waals surface area contributed by atoms with Crippen molar-refractivity contribution in [3.63, 3.8) is 0 Å². The lowest BCUT2D eigenvalue weighted by molar-refractivity contribution is -0.136. The lowest BCUT2D eigenvalue weighted by Gasteiger charge is -2.06. The fraction of sp³-hybridized carbons (Fsp3) is 0.222. The Balaban J connectivity index is 2.07. The number of aliphatic carboxylic acids is 1. The number of carboxylic acids is 1. The molecule has 1 N–H and O–H groups in total. The highest BCUT2D eigenvalue weighted by molar-refractivity contribution is 6.30. The second-order valence-corrected chi connectivity index (χ2v) is 5.77. The van der Waals surface area contributed by atoms with Crippen molar-refractivity contribution in [2.24, 2.45) is 0 Å². The summed E-state index contributed by atoms with van der Waals surface area (Å²) in [6.07, 6.45) is 2.17. The SMILES string of the molecule is CCOc1ccc(-c2nc3ccc(Cl)cn3c2CCC(=O)O)cc1. The smallest absolute Gasteiger partial charge is 0.303 e. The molecule has 0 spiro atoms. The van der Waals surface area contributed by atoms with Crippen LogP contribution in [0.25, 0.3) is 16.9 Å². The predicted octanol–water partition coefficient (Wildman–Crippen LogP) is 4.07. The molecular weight excluding hydrogens is 328 g/mol. The van der Waals surface area contributed by atoms with Crippen LogP contribution in [-0.4, -0.2) is 27.1 Å². The largest absolute Gasteiger partial charge is 0.494 e. The topological polar surface area (TPSA) is 63.8 Å². The van der Waals surface area contributed by atoms with Gasteiger partial charge in [0.25, 0.3) is 0 Å². The van der Waals surface area contributed by atoms with Gasteiger partial charge in [-0.2, -0.15) is 0 Å². The number of pyridine rings is 1. The summed E-state index contributed by atoms with van der Waals surface area (Å²) in [5.41, 5.74) is 3.25. The van der Waals surface area contributed by atoms with Crippen LogP contribution in [0.3, 0.4) is 0 Å². The molecule has 5 nitrogen and oxygen atoms in total. The van der Waals surface area contributed by atoms with Crippen LogP contribution >= 0.6 is 11.6 Å². The number of aromatic nitrogens is 2. The lowest BCUT2D eigenvalue weighted by atomic mass is 10.1. The van der Waals surface area contributed by atoms with Crippen LogP contribution in [-0.2, 0) is 11.2 Å². The molecule has 2 heterocycles. The number of fused-ring (bicyclic) bond motifs is 1. The fourth-order valence-electron chi connectivity index (χ4n) is 2.64. The summed E-state index contributed by atoms with van der Waals surface area (Å²) in [4.78, 5) is 15.6. The maximum absolute atomic E-state index is 11.0. The van der Waals surface area contributed by atoms with Gasteiger partial charge in [-0.3, -0.25) is 4.79 Å². The van der Waals surface area contributed by atoms with Gasteiger partial charge in [-0.15, -0.1) is 0 Å². The van der Waals surface area contributed by atoms with E-state index in [2.05, 4.69) is 4.98 Å². The summed E-state index contributed by atoms with van der Waals surface area (Å²) in [5, 5.41) is 9.60. The number of imidazole rings is 1. The van der Waals surface area contributed by atoms with Gasteiger partial charge in [0.05, 0.1) is 29.4 Å². The van der Waals surface area contributed by atoms with Crippen LogP contribution in [0, 0.1) is 0 Å². The predicted molar refractivity (Wildman–Crippen MR) is 92.8 cm³/mol. The number of ether oxygens (including phenoxy) is 1. The molecule has 1 aromatic carbocycles. The fourth-order valence-corrected chi connectivity index (χ4v) is 2.80. The van der Waals surface area contributed by atoms with Crippen molar-refractivity contribution >= 4 is 23.2 Å². The van der Waals surface area contributed by atoms with E-state index in [-0.39, 0.29) is 6.42 Å². The molecular formula is C18H17ClN2O3. The van der Waals surface area contributed by atoms with E-state index in [0.717, 1.165) is 28.3 Å². The van der Waals surface area contributed by atoms with Gasteiger partial charge in [0.2, 0.25) is 0 Å². The van der Waals surface area contributed by atoms with Gasteiger partial charge >= 0.3 is 5.97 Å². The van der Waals surface area contributed by atoms with E-state index in [1.807, 2.05) is 41.7 Å². The minimum Gasteiger partial charge on any atom is -0.494 e. The van der Waals surface area contributed by atoms with Crippen LogP contribution in [0.2, 0.25) is 5.02 Å². The molecule has 3 rings (SSSR count). The molecule has 0 bridgehead atoms. The van der Waals surface area contributed by atoms with Crippen molar-refractivity contribution in [2.75, 3.05) is 6.61 Å². The van der Waals surface area contributed by atoms with Crippen molar-refractivity contribution in [3.05, 3.63) is 53.3 Å². The molecule has 0 radical (unpaired) electrons. The molecule has 24 heavy (non-hydrogen) atoms. The maximum atomic E-state index is 11.0. The zero-order valence-corrected chi connectivity index (χ0v) is 14.0. The molecule has 0 amide bonds. The number of nitrogens with zero attached hydrogens (tertiary/aromatic N) is 2. The highest BCUT2D eigenvalue weighted by atomic mass is 35.5. The van der Waals surface area contributed by atoms with E-state index < -0.39 is 5.97 Å². The van der Waals surface area contributed by atoms with E-state index in [4.69, 9.17) is 21.4 Å². The standard InChI is InChI=1S/C18H17ClN2O3/c1-2-24-14-6-3-12(4-7-14)18-15(8-10-17(22)23)21-11-13(19)5-9-16(21)20-18/h3-7,9,11H,2,8,10H2,1H3,(H,22,23). The third-order valence-corrected chi connectivity index (χ3v) is 3.92. The summed E-state index contributed by atoms with van der Waals surface area (Å²) >= 11 is 6.08. The van der Waals surface area contributed by atoms with Gasteiger partial charge in [0.15, 0.2) is 0 Å². The second kappa shape index (κ2) is 6.93. The van der Waals surface area contributed by atoms with Gasteiger partial charge in [-0.25, -0.2) is 4.98 Å². The highest BCUT2D eigenvalue weighted by Gasteiger charge is 2.15. The number of carbonyl (C=O) groups is 1. The van der Waals surface area contributed by atoms with E-state index in [1.165, 1.54) is 0 Å². The van der Waals surface area contributed by atoms with Gasteiger partial charge in [0, 0.05) is 18.2 Å². The normalized spacial score (nSPS) is 10.9. The van der Waals surface area contributed by atoms with Gasteiger partial charge in [-0.05, 0) is 43.3 Å². The highest BCUT2D eigenvalue weighted by Crippen LogP contribution is 2.28. The molecule has 124 valence electrons. The monoisotopic (exact) mass is 344 g/mol. The number of rotatable bonds is 6. The van der Waals surface area contributed by atoms with Crippen molar-refractivity contribution < 1.29 is 14.6 Å². The molecule has 3 aromatic rings. The van der Waals surface area contributed by atoms with E-state index in [0.29, 0.717) is 18.1 Å². The number of aryl methyl sites for hydroxylation is 1. The van der Waals surface area contributed by atoms with Crippen LogP contribution in [0.15, 0.2) is 42.6 Å². The maximum Gasteiger partial charge on any atom is 0.303 e. The van der Waals surface area contributed by atoms with Crippen LogP contribution in [0.1, 0.15) is 19.0 Å². The Labute approximate surface area is 144 Å². The van der Waals surface area contributed by atoms with E-state index in [1.54, 1.807) is 12.3 Å². The molecule has 0 aliphatic carbocycles. The minimum atomic E-state index is -0.843. The summed E-state index contributed by atoms with van der Waals surface area (Å²) in [7, 11) is 0. The summed E-state index contributed by atoms with van der Waals surface area (Å²) in [6.45, 7) is 2.54. The van der Waals surface area contributed by atoms with E-state index >= 15 is 0 Å². The molecule has 0 unspecified atom stereocenters. The molecule has 2 aromatic heterocycles. The van der Waals surface area contributed by atoms with Gasteiger partial charge < -0.3 is 14.2 Å². The lowest BCUT2D eigenvalue weighted by Crippen LogP contribution is -2.01. The Hall–Kier alpha value is -2.53. The average Bonchev–Trinajstić information content (AvgIpc) is 2.91. The molecule has 0 atom stereocenters. The number of hydrogen-bond donors (Lipinski definition) is 1.